The Hall–Kier alpha value is -0.120. The van der Waals surface area contributed by atoms with Gasteiger partial charge in [0.05, 0.1) is 12.7 Å². The van der Waals surface area contributed by atoms with E-state index in [1.165, 1.54) is 0 Å². The van der Waals surface area contributed by atoms with Crippen molar-refractivity contribution >= 4 is 0 Å². The Bertz CT molecular complexity index is 75.3. The van der Waals surface area contributed by atoms with Crippen molar-refractivity contribution in [2.75, 3.05) is 6.61 Å². The van der Waals surface area contributed by atoms with Crippen LogP contribution in [0.4, 0.5) is 0 Å². The van der Waals surface area contributed by atoms with E-state index in [0.29, 0.717) is 6.42 Å². The fourth-order valence-electron chi connectivity index (χ4n) is 0.821. The van der Waals surface area contributed by atoms with Crippen molar-refractivity contribution in [3.05, 3.63) is 0 Å². The molecular weight excluding hydrogens is 132 g/mol. The van der Waals surface area contributed by atoms with Gasteiger partial charge in [0.2, 0.25) is 0 Å². The lowest BCUT2D eigenvalue weighted by molar-refractivity contribution is -0.101. The van der Waals surface area contributed by atoms with Gasteiger partial charge in [-0.3, -0.25) is 0 Å². The number of aliphatic hydroxyl groups is 2. The quantitative estimate of drug-likeness (QED) is 0.569. The lowest BCUT2D eigenvalue weighted by atomic mass is 10.2. The molecule has 3 heteroatoms. The van der Waals surface area contributed by atoms with Crippen LogP contribution < -0.4 is 0 Å². The summed E-state index contributed by atoms with van der Waals surface area (Å²) in [7, 11) is 0. The van der Waals surface area contributed by atoms with Crippen molar-refractivity contribution in [2.24, 2.45) is 0 Å². The van der Waals surface area contributed by atoms with Crippen LogP contribution in [0, 0.1) is 0 Å². The van der Waals surface area contributed by atoms with E-state index in [1.807, 2.05) is 13.8 Å². The van der Waals surface area contributed by atoms with Crippen LogP contribution in [0.2, 0.25) is 0 Å². The van der Waals surface area contributed by atoms with E-state index in [9.17, 15) is 0 Å². The third-order valence-corrected chi connectivity index (χ3v) is 1.29. The second kappa shape index (κ2) is 5.65. The summed E-state index contributed by atoms with van der Waals surface area (Å²) in [5.41, 5.74) is 0. The lowest BCUT2D eigenvalue weighted by Crippen LogP contribution is -2.13. The van der Waals surface area contributed by atoms with Gasteiger partial charge in [-0.25, -0.2) is 0 Å². The largest absolute Gasteiger partial charge is 0.394 e. The molecule has 2 N–H and O–H groups in total. The first-order valence-corrected chi connectivity index (χ1v) is 3.77. The number of aliphatic hydroxyl groups excluding tert-OH is 2. The maximum Gasteiger partial charge on any atom is 0.155 e. The predicted octanol–water partition coefficient (Wildman–Crippen LogP) is 0.502. The summed E-state index contributed by atoms with van der Waals surface area (Å²) in [6.07, 6.45) is 0.681. The fraction of sp³-hybridized carbons (Fsp3) is 1.00. The normalized spacial score (nSPS) is 31.2. The summed E-state index contributed by atoms with van der Waals surface area (Å²) in [6, 6.07) is 0. The Balaban J connectivity index is 0.000000371. The van der Waals surface area contributed by atoms with Crippen LogP contribution in [0.5, 0.6) is 0 Å². The number of ether oxygens (including phenoxy) is 1. The molecule has 10 heavy (non-hydrogen) atoms. The van der Waals surface area contributed by atoms with Gasteiger partial charge in [-0.2, -0.15) is 0 Å². The Morgan fingerprint density at radius 2 is 2.00 bits per heavy atom. The van der Waals surface area contributed by atoms with Crippen LogP contribution in [-0.2, 0) is 4.74 Å². The maximum absolute atomic E-state index is 8.70. The second-order valence-corrected chi connectivity index (χ2v) is 1.97. The fourth-order valence-corrected chi connectivity index (χ4v) is 0.821. The van der Waals surface area contributed by atoms with E-state index in [1.54, 1.807) is 0 Å². The Morgan fingerprint density at radius 3 is 2.20 bits per heavy atom. The summed E-state index contributed by atoms with van der Waals surface area (Å²) >= 11 is 0. The van der Waals surface area contributed by atoms with Crippen molar-refractivity contribution < 1.29 is 14.9 Å². The lowest BCUT2D eigenvalue weighted by Gasteiger charge is -2.04. The molecule has 3 nitrogen and oxygen atoms in total. The molecule has 2 unspecified atom stereocenters. The predicted molar refractivity (Wildman–Crippen MR) is 38.5 cm³/mol. The highest BCUT2D eigenvalue weighted by atomic mass is 16.6. The first-order valence-electron chi connectivity index (χ1n) is 3.77. The third-order valence-electron chi connectivity index (χ3n) is 1.29. The molecular formula is C7H16O3. The van der Waals surface area contributed by atoms with Crippen molar-refractivity contribution in [3.8, 4) is 0 Å². The number of hydrogen-bond acceptors (Lipinski definition) is 3. The zero-order chi connectivity index (χ0) is 7.98. The van der Waals surface area contributed by atoms with Crippen LogP contribution in [-0.4, -0.2) is 29.2 Å². The van der Waals surface area contributed by atoms with Crippen LogP contribution >= 0.6 is 0 Å². The zero-order valence-corrected chi connectivity index (χ0v) is 6.58. The molecule has 0 saturated carbocycles. The minimum atomic E-state index is -0.632. The molecule has 1 rings (SSSR count). The first-order chi connectivity index (χ1) is 4.83. The van der Waals surface area contributed by atoms with Gasteiger partial charge in [0.15, 0.2) is 6.29 Å². The second-order valence-electron chi connectivity index (χ2n) is 1.97. The van der Waals surface area contributed by atoms with Gasteiger partial charge >= 0.3 is 0 Å². The van der Waals surface area contributed by atoms with Gasteiger partial charge in [-0.1, -0.05) is 13.8 Å². The monoisotopic (exact) mass is 148 g/mol. The molecule has 0 spiro atoms. The van der Waals surface area contributed by atoms with E-state index < -0.39 is 6.29 Å². The SMILES string of the molecule is CC.OCC1CCC(O)O1. The molecule has 0 bridgehead atoms. The topological polar surface area (TPSA) is 49.7 Å². The standard InChI is InChI=1S/C5H10O3.C2H6/c6-3-4-1-2-5(7)8-4;1-2/h4-7H,1-3H2;1-2H3. The van der Waals surface area contributed by atoms with Gasteiger partial charge < -0.3 is 14.9 Å². The highest BCUT2D eigenvalue weighted by Gasteiger charge is 2.21. The van der Waals surface area contributed by atoms with Gasteiger partial charge in [0.25, 0.3) is 0 Å². The van der Waals surface area contributed by atoms with Crippen molar-refractivity contribution in [3.63, 3.8) is 0 Å². The van der Waals surface area contributed by atoms with Crippen molar-refractivity contribution in [1.82, 2.24) is 0 Å². The Morgan fingerprint density at radius 1 is 1.40 bits per heavy atom. The Labute approximate surface area is 61.6 Å². The average molecular weight is 148 g/mol. The molecule has 0 aliphatic carbocycles. The molecule has 1 aliphatic heterocycles. The summed E-state index contributed by atoms with van der Waals surface area (Å²) in [6.45, 7) is 4.02. The maximum atomic E-state index is 8.70. The van der Waals surface area contributed by atoms with Crippen LogP contribution in [0.3, 0.4) is 0 Å². The molecule has 0 amide bonds. The number of hydrogen-bond donors (Lipinski definition) is 2. The first kappa shape index (κ1) is 9.88. The molecule has 0 aromatic rings. The third kappa shape index (κ3) is 3.15. The summed E-state index contributed by atoms with van der Waals surface area (Å²) in [4.78, 5) is 0. The van der Waals surface area contributed by atoms with Crippen LogP contribution in [0.1, 0.15) is 26.7 Å². The molecule has 1 aliphatic rings. The highest BCUT2D eigenvalue weighted by Crippen LogP contribution is 2.16. The summed E-state index contributed by atoms with van der Waals surface area (Å²) < 4.78 is 4.82. The van der Waals surface area contributed by atoms with Gasteiger partial charge in [-0.15, -0.1) is 0 Å². The van der Waals surface area contributed by atoms with E-state index in [0.717, 1.165) is 6.42 Å². The van der Waals surface area contributed by atoms with E-state index in [2.05, 4.69) is 0 Å². The zero-order valence-electron chi connectivity index (χ0n) is 6.58. The van der Waals surface area contributed by atoms with E-state index >= 15 is 0 Å². The van der Waals surface area contributed by atoms with Crippen LogP contribution in [0.15, 0.2) is 0 Å². The minimum absolute atomic E-state index is 0.0249. The summed E-state index contributed by atoms with van der Waals surface area (Å²) in [5.74, 6) is 0. The summed E-state index contributed by atoms with van der Waals surface area (Å²) in [5, 5.41) is 17.1. The molecule has 62 valence electrons. The van der Waals surface area contributed by atoms with E-state index in [-0.39, 0.29) is 12.7 Å². The molecule has 1 fully saturated rings. The van der Waals surface area contributed by atoms with Crippen LogP contribution in [0.25, 0.3) is 0 Å². The van der Waals surface area contributed by atoms with Gasteiger partial charge in [-0.05, 0) is 6.42 Å². The molecule has 1 saturated heterocycles. The van der Waals surface area contributed by atoms with E-state index in [4.69, 9.17) is 14.9 Å². The minimum Gasteiger partial charge on any atom is -0.394 e. The highest BCUT2D eigenvalue weighted by molar-refractivity contribution is 4.64. The van der Waals surface area contributed by atoms with Gasteiger partial charge in [0.1, 0.15) is 0 Å². The molecule has 0 aromatic heterocycles. The average Bonchev–Trinajstić information content (AvgIpc) is 2.40. The van der Waals surface area contributed by atoms with Gasteiger partial charge in [0, 0.05) is 6.42 Å². The molecule has 1 heterocycles. The molecule has 0 aromatic carbocycles. The molecule has 2 atom stereocenters. The smallest absolute Gasteiger partial charge is 0.155 e. The van der Waals surface area contributed by atoms with Crippen molar-refractivity contribution in [2.45, 2.75) is 39.1 Å². The Kier molecular flexibility index (Phi) is 5.58. The molecule has 0 radical (unpaired) electrons. The van der Waals surface area contributed by atoms with Crippen molar-refractivity contribution in [1.29, 1.82) is 0 Å². The number of rotatable bonds is 1.